The Morgan fingerprint density at radius 2 is 1.84 bits per heavy atom. The number of halogens is 1. The summed E-state index contributed by atoms with van der Waals surface area (Å²) in [4.78, 5) is 14.7. The van der Waals surface area contributed by atoms with E-state index in [4.69, 9.17) is 4.74 Å². The number of benzene rings is 1. The molecule has 0 aromatic heterocycles. The summed E-state index contributed by atoms with van der Waals surface area (Å²) < 4.78 is 5.32. The second-order valence-electron chi connectivity index (χ2n) is 6.63. The molecule has 0 bridgehead atoms. The topological polar surface area (TPSA) is 49.8 Å². The van der Waals surface area contributed by atoms with Gasteiger partial charge in [0.2, 0.25) is 0 Å². The molecule has 1 aromatic carbocycles. The number of carbonyl (C=O) groups is 1. The Balaban J connectivity index is 0.00000312. The highest BCUT2D eigenvalue weighted by Gasteiger charge is 2.46. The van der Waals surface area contributed by atoms with Crippen LogP contribution in [-0.4, -0.2) is 43.2 Å². The zero-order valence-electron chi connectivity index (χ0n) is 15.0. The number of carbonyl (C=O) groups excluding carboxylic acids is 1. The van der Waals surface area contributed by atoms with E-state index < -0.39 is 11.6 Å². The van der Waals surface area contributed by atoms with Crippen molar-refractivity contribution >= 4 is 18.4 Å². The number of nitrogens with zero attached hydrogens (tertiary/aromatic N) is 1. The summed E-state index contributed by atoms with van der Waals surface area (Å²) in [5, 5.41) is 11.3. The van der Waals surface area contributed by atoms with Gasteiger partial charge in [0.25, 0.3) is 0 Å². The molecule has 0 radical (unpaired) electrons. The van der Waals surface area contributed by atoms with E-state index >= 15 is 0 Å². The molecule has 138 valence electrons. The molecule has 1 aromatic rings. The van der Waals surface area contributed by atoms with Gasteiger partial charge in [-0.2, -0.15) is 0 Å². The highest BCUT2D eigenvalue weighted by Crippen LogP contribution is 2.40. The molecule has 1 aliphatic carbocycles. The lowest BCUT2D eigenvalue weighted by atomic mass is 9.73. The average molecular weight is 366 g/mol. The predicted octanol–water partition coefficient (Wildman–Crippen LogP) is 2.98. The minimum absolute atomic E-state index is 0. The monoisotopic (exact) mass is 365 g/mol. The molecule has 4 nitrogen and oxygen atoms in total. The molecule has 1 fully saturated rings. The van der Waals surface area contributed by atoms with Gasteiger partial charge in [-0.15, -0.1) is 12.4 Å². The summed E-state index contributed by atoms with van der Waals surface area (Å²) in [5.41, 5.74) is -0.964. The van der Waals surface area contributed by atoms with Gasteiger partial charge in [-0.1, -0.05) is 61.4 Å². The summed E-state index contributed by atoms with van der Waals surface area (Å²) in [7, 11) is 3.86. The van der Waals surface area contributed by atoms with Crippen molar-refractivity contribution in [3.05, 3.63) is 35.9 Å². The van der Waals surface area contributed by atoms with E-state index in [1.807, 2.05) is 37.2 Å². The Morgan fingerprint density at radius 1 is 1.20 bits per heavy atom. The number of hydrogen-bond acceptors (Lipinski definition) is 4. The molecule has 1 atom stereocenters. The molecule has 1 unspecified atom stereocenters. The molecule has 1 N–H and O–H groups in total. The minimum atomic E-state index is -1.58. The largest absolute Gasteiger partial charge is 0.450 e. The van der Waals surface area contributed by atoms with Gasteiger partial charge >= 0.3 is 5.97 Å². The second kappa shape index (κ2) is 10.5. The van der Waals surface area contributed by atoms with Gasteiger partial charge in [0.05, 0.1) is 6.54 Å². The zero-order chi connectivity index (χ0) is 17.4. The fourth-order valence-electron chi connectivity index (χ4n) is 3.21. The standard InChI is InChI=1S/C20H27NO3.ClH/c1-21(2)15-9-10-16-24-19(22)20(23,17-11-5-3-6-12-17)18-13-7-4-8-14-18;/h3,5-6,11-12,18,23H,4,7-8,13-16H2,1-2H3;1H. The molecule has 25 heavy (non-hydrogen) atoms. The van der Waals surface area contributed by atoms with Crippen LogP contribution in [0.25, 0.3) is 0 Å². The van der Waals surface area contributed by atoms with E-state index in [0.717, 1.165) is 32.1 Å². The molecule has 0 heterocycles. The Hall–Kier alpha value is -1.54. The van der Waals surface area contributed by atoms with Gasteiger partial charge < -0.3 is 9.84 Å². The van der Waals surface area contributed by atoms with Crippen LogP contribution in [-0.2, 0) is 15.1 Å². The maximum Gasteiger partial charge on any atom is 0.344 e. The van der Waals surface area contributed by atoms with Crippen LogP contribution in [0.3, 0.4) is 0 Å². The van der Waals surface area contributed by atoms with Crippen molar-refractivity contribution in [2.45, 2.75) is 37.7 Å². The van der Waals surface area contributed by atoms with Crippen LogP contribution in [0.2, 0.25) is 0 Å². The molecular formula is C20H28ClNO3. The number of aliphatic hydroxyl groups is 1. The molecular weight excluding hydrogens is 338 g/mol. The van der Waals surface area contributed by atoms with E-state index in [2.05, 4.69) is 11.8 Å². The van der Waals surface area contributed by atoms with Gasteiger partial charge in [0.1, 0.15) is 0 Å². The summed E-state index contributed by atoms with van der Waals surface area (Å²) in [6, 6.07) is 9.16. The highest BCUT2D eigenvalue weighted by molar-refractivity contribution is 5.85. The lowest BCUT2D eigenvalue weighted by molar-refractivity contribution is -0.174. The lowest BCUT2D eigenvalue weighted by Crippen LogP contribution is -2.45. The summed E-state index contributed by atoms with van der Waals surface area (Å²) in [5.74, 6) is 5.07. The van der Waals surface area contributed by atoms with Gasteiger partial charge in [-0.25, -0.2) is 4.79 Å². The SMILES string of the molecule is CN(C)CC#CCOC(=O)C(O)(c1ccccc1)C1CCCCC1.Cl. The third-order valence-electron chi connectivity index (χ3n) is 4.52. The quantitative estimate of drug-likeness (QED) is 0.643. The van der Waals surface area contributed by atoms with Gasteiger partial charge in [0, 0.05) is 5.92 Å². The van der Waals surface area contributed by atoms with Crippen molar-refractivity contribution in [1.29, 1.82) is 0 Å². The summed E-state index contributed by atoms with van der Waals surface area (Å²) in [6.07, 6.45) is 4.91. The van der Waals surface area contributed by atoms with Crippen molar-refractivity contribution in [2.24, 2.45) is 5.92 Å². The fraction of sp³-hybridized carbons (Fsp3) is 0.550. The Kier molecular flexibility index (Phi) is 8.99. The van der Waals surface area contributed by atoms with Gasteiger partial charge in [-0.3, -0.25) is 4.90 Å². The number of rotatable bonds is 5. The molecule has 0 amide bonds. The van der Waals surface area contributed by atoms with Crippen LogP contribution < -0.4 is 0 Å². The molecule has 5 heteroatoms. The zero-order valence-corrected chi connectivity index (χ0v) is 15.8. The third-order valence-corrected chi connectivity index (χ3v) is 4.52. The van der Waals surface area contributed by atoms with Crippen LogP contribution in [0.1, 0.15) is 37.7 Å². The number of hydrogen-bond donors (Lipinski definition) is 1. The van der Waals surface area contributed by atoms with Gasteiger partial charge in [0.15, 0.2) is 12.2 Å². The maximum atomic E-state index is 12.7. The van der Waals surface area contributed by atoms with Crippen molar-refractivity contribution in [3.8, 4) is 11.8 Å². The predicted molar refractivity (Wildman–Crippen MR) is 101 cm³/mol. The number of ether oxygens (including phenoxy) is 1. The van der Waals surface area contributed by atoms with Crippen molar-refractivity contribution in [2.75, 3.05) is 27.2 Å². The van der Waals surface area contributed by atoms with Crippen LogP contribution in [0.15, 0.2) is 30.3 Å². The molecule has 0 aliphatic heterocycles. The molecule has 0 spiro atoms. The first kappa shape index (κ1) is 21.5. The molecule has 0 saturated heterocycles. The molecule has 1 aliphatic rings. The smallest absolute Gasteiger partial charge is 0.344 e. The third kappa shape index (κ3) is 5.74. The molecule has 1 saturated carbocycles. The Bertz CT molecular complexity index is 588. The lowest BCUT2D eigenvalue weighted by Gasteiger charge is -2.36. The van der Waals surface area contributed by atoms with Gasteiger partial charge in [-0.05, 0) is 32.5 Å². The van der Waals surface area contributed by atoms with Crippen LogP contribution >= 0.6 is 12.4 Å². The van der Waals surface area contributed by atoms with E-state index in [1.54, 1.807) is 12.1 Å². The van der Waals surface area contributed by atoms with Crippen molar-refractivity contribution in [3.63, 3.8) is 0 Å². The van der Waals surface area contributed by atoms with E-state index in [-0.39, 0.29) is 24.9 Å². The van der Waals surface area contributed by atoms with Crippen LogP contribution in [0, 0.1) is 17.8 Å². The van der Waals surface area contributed by atoms with E-state index in [1.165, 1.54) is 0 Å². The maximum absolute atomic E-state index is 12.7. The average Bonchev–Trinajstić information content (AvgIpc) is 2.61. The van der Waals surface area contributed by atoms with E-state index in [0.29, 0.717) is 12.1 Å². The fourth-order valence-corrected chi connectivity index (χ4v) is 3.21. The Morgan fingerprint density at radius 3 is 2.44 bits per heavy atom. The molecule has 2 rings (SSSR count). The first-order valence-corrected chi connectivity index (χ1v) is 8.60. The van der Waals surface area contributed by atoms with Crippen LogP contribution in [0.4, 0.5) is 0 Å². The van der Waals surface area contributed by atoms with Crippen LogP contribution in [0.5, 0.6) is 0 Å². The first-order chi connectivity index (χ1) is 11.5. The Labute approximate surface area is 157 Å². The normalized spacial score (nSPS) is 17.0. The summed E-state index contributed by atoms with van der Waals surface area (Å²) in [6.45, 7) is 0.623. The van der Waals surface area contributed by atoms with Crippen molar-refractivity contribution < 1.29 is 14.6 Å². The summed E-state index contributed by atoms with van der Waals surface area (Å²) >= 11 is 0. The second-order valence-corrected chi connectivity index (χ2v) is 6.63. The van der Waals surface area contributed by atoms with E-state index in [9.17, 15) is 9.90 Å². The first-order valence-electron chi connectivity index (χ1n) is 8.60. The highest BCUT2D eigenvalue weighted by atomic mass is 35.5. The number of esters is 1. The van der Waals surface area contributed by atoms with Crippen molar-refractivity contribution in [1.82, 2.24) is 4.90 Å². The minimum Gasteiger partial charge on any atom is -0.450 e.